The van der Waals surface area contributed by atoms with Gasteiger partial charge >= 0.3 is 0 Å². The normalized spacial score (nSPS) is 13.8. The number of ether oxygens (including phenoxy) is 1. The third kappa shape index (κ3) is 1.14. The van der Waals surface area contributed by atoms with Crippen LogP contribution in [0.4, 0.5) is 5.69 Å². The number of nitrogen functional groups attached to an aromatic ring is 1. The van der Waals surface area contributed by atoms with Crippen LogP contribution < -0.4 is 10.5 Å². The lowest BCUT2D eigenvalue weighted by atomic mass is 10.1. The maximum Gasteiger partial charge on any atom is 0.129 e. The topological polar surface area (TPSA) is 35.2 Å². The smallest absolute Gasteiger partial charge is 0.129 e. The Morgan fingerprint density at radius 3 is 3.08 bits per heavy atom. The summed E-state index contributed by atoms with van der Waals surface area (Å²) in [5.74, 6) is 0.805. The Kier molecular flexibility index (Phi) is 1.70. The van der Waals surface area contributed by atoms with Crippen molar-refractivity contribution in [2.24, 2.45) is 0 Å². The van der Waals surface area contributed by atoms with E-state index in [1.54, 1.807) is 6.07 Å². The van der Waals surface area contributed by atoms with E-state index < -0.39 is 0 Å². The number of benzene rings is 1. The number of hydrogen-bond donors (Lipinski definition) is 1. The van der Waals surface area contributed by atoms with Crippen molar-refractivity contribution in [2.75, 3.05) is 12.3 Å². The number of fused-ring (bicyclic) bond motifs is 1. The van der Waals surface area contributed by atoms with Gasteiger partial charge in [0.15, 0.2) is 0 Å². The zero-order valence-corrected chi connectivity index (χ0v) is 7.14. The third-order valence-electron chi connectivity index (χ3n) is 1.76. The van der Waals surface area contributed by atoms with Gasteiger partial charge in [0.1, 0.15) is 12.4 Å². The van der Waals surface area contributed by atoms with Gasteiger partial charge < -0.3 is 10.5 Å². The molecule has 0 aromatic heterocycles. The van der Waals surface area contributed by atoms with Gasteiger partial charge in [-0.05, 0) is 12.1 Å². The molecule has 1 aromatic rings. The van der Waals surface area contributed by atoms with Crippen LogP contribution in [0, 0.1) is 0 Å². The molecule has 1 heterocycles. The van der Waals surface area contributed by atoms with Crippen molar-refractivity contribution in [1.82, 2.24) is 0 Å². The fraction of sp³-hybridized carbons (Fsp3) is 0.111. The molecule has 0 saturated carbocycles. The van der Waals surface area contributed by atoms with E-state index in [4.69, 9.17) is 22.1 Å². The Morgan fingerprint density at radius 2 is 2.25 bits per heavy atom. The molecule has 12 heavy (non-hydrogen) atoms. The lowest BCUT2D eigenvalue weighted by molar-refractivity contribution is 0.359. The van der Waals surface area contributed by atoms with Crippen LogP contribution in [-0.4, -0.2) is 6.61 Å². The average molecular weight is 182 g/mol. The second-order valence-corrected chi connectivity index (χ2v) is 3.03. The van der Waals surface area contributed by atoms with E-state index >= 15 is 0 Å². The van der Waals surface area contributed by atoms with E-state index in [0.29, 0.717) is 17.3 Å². The lowest BCUT2D eigenvalue weighted by Gasteiger charge is -2.13. The number of nitrogens with two attached hydrogens (primary N) is 1. The van der Waals surface area contributed by atoms with Crippen molar-refractivity contribution >= 4 is 23.4 Å². The van der Waals surface area contributed by atoms with Crippen molar-refractivity contribution in [2.45, 2.75) is 0 Å². The highest BCUT2D eigenvalue weighted by Crippen LogP contribution is 2.31. The van der Waals surface area contributed by atoms with Crippen LogP contribution in [0.15, 0.2) is 18.2 Å². The molecule has 0 saturated heterocycles. The molecule has 0 atom stereocenters. The second-order valence-electron chi connectivity index (χ2n) is 2.62. The van der Waals surface area contributed by atoms with Gasteiger partial charge in [0.2, 0.25) is 0 Å². The zero-order chi connectivity index (χ0) is 8.55. The van der Waals surface area contributed by atoms with Gasteiger partial charge in [-0.25, -0.2) is 0 Å². The van der Waals surface area contributed by atoms with Crippen molar-refractivity contribution in [3.05, 3.63) is 28.8 Å². The Balaban J connectivity index is 2.58. The first-order valence-electron chi connectivity index (χ1n) is 3.66. The first kappa shape index (κ1) is 7.50. The molecule has 0 bridgehead atoms. The van der Waals surface area contributed by atoms with Crippen LogP contribution >= 0.6 is 11.6 Å². The Bertz CT molecular complexity index is 347. The molecule has 2 rings (SSSR count). The first-order valence-corrected chi connectivity index (χ1v) is 4.03. The van der Waals surface area contributed by atoms with Crippen LogP contribution in [0.1, 0.15) is 5.56 Å². The summed E-state index contributed by atoms with van der Waals surface area (Å²) in [6.45, 7) is 0.605. The van der Waals surface area contributed by atoms with E-state index in [1.807, 2.05) is 18.2 Å². The maximum atomic E-state index is 5.83. The van der Waals surface area contributed by atoms with Gasteiger partial charge in [-0.1, -0.05) is 17.7 Å². The minimum Gasteiger partial charge on any atom is -0.489 e. The predicted octanol–water partition coefficient (Wildman–Crippen LogP) is 2.33. The fourth-order valence-electron chi connectivity index (χ4n) is 1.15. The summed E-state index contributed by atoms with van der Waals surface area (Å²) in [5, 5.41) is 0.573. The van der Waals surface area contributed by atoms with Crippen LogP contribution in [0.5, 0.6) is 5.75 Å². The van der Waals surface area contributed by atoms with E-state index in [2.05, 4.69) is 0 Å². The molecule has 0 spiro atoms. The Hall–Kier alpha value is -1.15. The molecule has 0 fully saturated rings. The van der Waals surface area contributed by atoms with Crippen LogP contribution in [-0.2, 0) is 0 Å². The Morgan fingerprint density at radius 1 is 1.42 bits per heavy atom. The molecular weight excluding hydrogens is 174 g/mol. The quantitative estimate of drug-likeness (QED) is 0.624. The Labute approximate surface area is 75.6 Å². The van der Waals surface area contributed by atoms with E-state index in [0.717, 1.165) is 11.3 Å². The van der Waals surface area contributed by atoms with Gasteiger partial charge in [0.25, 0.3) is 0 Å². The highest BCUT2D eigenvalue weighted by Gasteiger charge is 2.07. The van der Waals surface area contributed by atoms with Gasteiger partial charge in [-0.2, -0.15) is 0 Å². The van der Waals surface area contributed by atoms with E-state index in [9.17, 15) is 0 Å². The summed E-state index contributed by atoms with van der Waals surface area (Å²) in [7, 11) is 0. The summed E-state index contributed by atoms with van der Waals surface area (Å²) in [4.78, 5) is 0. The molecule has 0 amide bonds. The summed E-state index contributed by atoms with van der Waals surface area (Å²) < 4.78 is 5.33. The van der Waals surface area contributed by atoms with Crippen molar-refractivity contribution in [1.29, 1.82) is 0 Å². The molecule has 62 valence electrons. The first-order chi connectivity index (χ1) is 5.77. The number of anilines is 1. The number of halogens is 1. The van der Waals surface area contributed by atoms with Gasteiger partial charge in [0, 0.05) is 11.6 Å². The van der Waals surface area contributed by atoms with Gasteiger partial charge in [-0.3, -0.25) is 0 Å². The highest BCUT2D eigenvalue weighted by molar-refractivity contribution is 6.33. The second kappa shape index (κ2) is 2.72. The predicted molar refractivity (Wildman–Crippen MR) is 50.4 cm³/mol. The monoisotopic (exact) mass is 181 g/mol. The van der Waals surface area contributed by atoms with Gasteiger partial charge in [0.05, 0.1) is 10.7 Å². The average Bonchev–Trinajstić information content (AvgIpc) is 2.07. The number of rotatable bonds is 0. The van der Waals surface area contributed by atoms with Crippen molar-refractivity contribution in [3.63, 3.8) is 0 Å². The van der Waals surface area contributed by atoms with Crippen molar-refractivity contribution in [3.8, 4) is 5.75 Å². The zero-order valence-electron chi connectivity index (χ0n) is 6.38. The highest BCUT2D eigenvalue weighted by atomic mass is 35.5. The lowest BCUT2D eigenvalue weighted by Crippen LogP contribution is -2.01. The molecular formula is C9H8ClNO. The molecule has 1 aliphatic rings. The van der Waals surface area contributed by atoms with Crippen molar-refractivity contribution < 1.29 is 4.74 Å². The summed E-state index contributed by atoms with van der Waals surface area (Å²) >= 11 is 5.83. The minimum absolute atomic E-state index is 0.561. The van der Waals surface area contributed by atoms with E-state index in [1.165, 1.54) is 0 Å². The fourth-order valence-corrected chi connectivity index (χ4v) is 1.32. The SMILES string of the molecule is Nc1cc2c(cc1Cl)C=CCO2. The molecule has 2 nitrogen and oxygen atoms in total. The third-order valence-corrected chi connectivity index (χ3v) is 2.09. The number of hydrogen-bond acceptors (Lipinski definition) is 2. The van der Waals surface area contributed by atoms with Gasteiger partial charge in [-0.15, -0.1) is 0 Å². The molecule has 3 heteroatoms. The molecule has 1 aromatic carbocycles. The molecule has 0 unspecified atom stereocenters. The minimum atomic E-state index is 0.561. The molecule has 0 radical (unpaired) electrons. The summed E-state index contributed by atoms with van der Waals surface area (Å²) in [6.07, 6.45) is 3.92. The maximum absolute atomic E-state index is 5.83. The van der Waals surface area contributed by atoms with Crippen LogP contribution in [0.2, 0.25) is 5.02 Å². The largest absolute Gasteiger partial charge is 0.489 e. The molecule has 0 aliphatic carbocycles. The van der Waals surface area contributed by atoms with Crippen LogP contribution in [0.25, 0.3) is 6.08 Å². The summed E-state index contributed by atoms with van der Waals surface area (Å²) in [5.41, 5.74) is 7.16. The molecule has 1 aliphatic heterocycles. The van der Waals surface area contributed by atoms with Crippen LogP contribution in [0.3, 0.4) is 0 Å². The molecule has 2 N–H and O–H groups in total. The summed E-state index contributed by atoms with van der Waals surface area (Å²) in [6, 6.07) is 3.56. The van der Waals surface area contributed by atoms with E-state index in [-0.39, 0.29) is 0 Å². The standard InChI is InChI=1S/C9H8ClNO/c10-7-4-6-2-1-3-12-9(6)5-8(7)11/h1-2,4-5H,3,11H2.